The molecule has 0 spiro atoms. The maximum Gasteiger partial charge on any atom is 0.416 e. The number of aliphatic imine (C=N–C) groups is 1. The van der Waals surface area contributed by atoms with Gasteiger partial charge in [-0.1, -0.05) is 18.2 Å². The Bertz CT molecular complexity index is 1280. The van der Waals surface area contributed by atoms with Crippen LogP contribution in [-0.4, -0.2) is 54.8 Å². The number of halogens is 3. The van der Waals surface area contributed by atoms with E-state index in [-0.39, 0.29) is 11.5 Å². The molecule has 1 fully saturated rings. The monoisotopic (exact) mass is 481 g/mol. The van der Waals surface area contributed by atoms with E-state index in [0.717, 1.165) is 17.7 Å². The van der Waals surface area contributed by atoms with Gasteiger partial charge in [0.25, 0.3) is 5.91 Å². The minimum atomic E-state index is -4.44. The number of para-hydroxylation sites is 3. The van der Waals surface area contributed by atoms with Gasteiger partial charge >= 0.3 is 6.18 Å². The zero-order chi connectivity index (χ0) is 24.6. The molecule has 0 atom stereocenters. The third-order valence-electron chi connectivity index (χ3n) is 6.07. The van der Waals surface area contributed by atoms with Crippen molar-refractivity contribution in [3.8, 4) is 17.2 Å². The third kappa shape index (κ3) is 4.41. The first kappa shape index (κ1) is 22.8. The molecule has 0 unspecified atom stereocenters. The van der Waals surface area contributed by atoms with Crippen molar-refractivity contribution in [3.63, 3.8) is 0 Å². The van der Waals surface area contributed by atoms with Crippen molar-refractivity contribution in [2.24, 2.45) is 4.99 Å². The number of methoxy groups -OCH3 is 1. The predicted molar refractivity (Wildman–Crippen MR) is 125 cm³/mol. The molecule has 3 aromatic carbocycles. The van der Waals surface area contributed by atoms with E-state index < -0.39 is 11.7 Å². The minimum absolute atomic E-state index is 0.232. The zero-order valence-corrected chi connectivity index (χ0v) is 18.9. The Morgan fingerprint density at radius 3 is 2.34 bits per heavy atom. The van der Waals surface area contributed by atoms with E-state index in [1.807, 2.05) is 42.5 Å². The van der Waals surface area contributed by atoms with Crippen LogP contribution in [0.15, 0.2) is 71.7 Å². The Labute approximate surface area is 200 Å². The lowest BCUT2D eigenvalue weighted by molar-refractivity contribution is -0.137. The highest BCUT2D eigenvalue weighted by Gasteiger charge is 2.32. The number of alkyl halides is 3. The molecule has 2 aliphatic rings. The molecule has 0 radical (unpaired) electrons. The van der Waals surface area contributed by atoms with Crippen LogP contribution >= 0.6 is 0 Å². The van der Waals surface area contributed by atoms with Gasteiger partial charge in [0, 0.05) is 31.7 Å². The molecule has 0 aromatic heterocycles. The number of ether oxygens (including phenoxy) is 2. The van der Waals surface area contributed by atoms with E-state index >= 15 is 0 Å². The zero-order valence-electron chi connectivity index (χ0n) is 18.9. The van der Waals surface area contributed by atoms with Gasteiger partial charge in [0.1, 0.15) is 11.5 Å². The molecule has 3 aromatic rings. The summed E-state index contributed by atoms with van der Waals surface area (Å²) in [5.74, 6) is 2.19. The molecule has 0 saturated carbocycles. The van der Waals surface area contributed by atoms with Crippen molar-refractivity contribution < 1.29 is 27.4 Å². The van der Waals surface area contributed by atoms with Gasteiger partial charge < -0.3 is 19.3 Å². The quantitative estimate of drug-likeness (QED) is 0.495. The van der Waals surface area contributed by atoms with Crippen molar-refractivity contribution in [2.75, 3.05) is 33.3 Å². The van der Waals surface area contributed by atoms with Gasteiger partial charge in [0.05, 0.1) is 18.2 Å². The van der Waals surface area contributed by atoms with Gasteiger partial charge in [-0.25, -0.2) is 4.99 Å². The summed E-state index contributed by atoms with van der Waals surface area (Å²) in [7, 11) is 1.58. The molecule has 180 valence electrons. The van der Waals surface area contributed by atoms with Crippen LogP contribution in [0.4, 0.5) is 18.9 Å². The lowest BCUT2D eigenvalue weighted by atomic mass is 10.1. The first-order valence-corrected chi connectivity index (χ1v) is 11.1. The number of carbonyl (C=O) groups is 1. The molecule has 0 bridgehead atoms. The van der Waals surface area contributed by atoms with Crippen LogP contribution in [0.2, 0.25) is 0 Å². The molecule has 0 aliphatic carbocycles. The van der Waals surface area contributed by atoms with Crippen molar-refractivity contribution in [3.05, 3.63) is 83.4 Å². The fourth-order valence-corrected chi connectivity index (χ4v) is 4.22. The number of carbonyl (C=O) groups excluding carboxylic acids is 1. The Morgan fingerprint density at radius 2 is 1.66 bits per heavy atom. The van der Waals surface area contributed by atoms with Crippen molar-refractivity contribution in [1.82, 2.24) is 9.80 Å². The molecule has 6 nitrogen and oxygen atoms in total. The van der Waals surface area contributed by atoms with E-state index in [1.54, 1.807) is 12.0 Å². The van der Waals surface area contributed by atoms with Crippen LogP contribution in [-0.2, 0) is 6.18 Å². The number of amidine groups is 1. The van der Waals surface area contributed by atoms with Crippen LogP contribution in [0.1, 0.15) is 21.5 Å². The Kier molecular flexibility index (Phi) is 5.84. The van der Waals surface area contributed by atoms with E-state index in [9.17, 15) is 18.0 Å². The number of amides is 1. The van der Waals surface area contributed by atoms with Crippen molar-refractivity contribution >= 4 is 17.4 Å². The number of hydrogen-bond acceptors (Lipinski definition) is 5. The molecule has 2 heterocycles. The van der Waals surface area contributed by atoms with Crippen LogP contribution in [0.3, 0.4) is 0 Å². The fourth-order valence-electron chi connectivity index (χ4n) is 4.22. The number of hydrogen-bond donors (Lipinski definition) is 0. The second-order valence-electron chi connectivity index (χ2n) is 8.20. The van der Waals surface area contributed by atoms with Crippen molar-refractivity contribution in [2.45, 2.75) is 6.18 Å². The lowest BCUT2D eigenvalue weighted by Gasteiger charge is -2.36. The number of piperazine rings is 1. The fraction of sp³-hybridized carbons (Fsp3) is 0.231. The molecule has 0 N–H and O–H groups in total. The van der Waals surface area contributed by atoms with Crippen molar-refractivity contribution in [1.29, 1.82) is 0 Å². The molecule has 2 aliphatic heterocycles. The van der Waals surface area contributed by atoms with Gasteiger partial charge in [-0.05, 0) is 48.5 Å². The highest BCUT2D eigenvalue weighted by Crippen LogP contribution is 2.42. The molecular weight excluding hydrogens is 459 g/mol. The highest BCUT2D eigenvalue weighted by molar-refractivity contribution is 6.04. The normalized spacial score (nSPS) is 15.4. The standard InChI is InChI=1S/C26H22F3N3O3/c1-34-22-8-4-5-19-23(22)35-21-7-3-2-6-20(21)30-24(19)31-13-15-32(16-14-31)25(33)17-9-11-18(12-10-17)26(27,28)29/h2-12H,13-16H2,1H3. The maximum atomic E-state index is 12.9. The van der Waals surface area contributed by atoms with E-state index in [2.05, 4.69) is 4.90 Å². The Hall–Kier alpha value is -4.01. The predicted octanol–water partition coefficient (Wildman–Crippen LogP) is 5.36. The van der Waals surface area contributed by atoms with Gasteiger partial charge in [0.15, 0.2) is 17.2 Å². The summed E-state index contributed by atoms with van der Waals surface area (Å²) in [6, 6.07) is 17.4. The highest BCUT2D eigenvalue weighted by atomic mass is 19.4. The molecular formula is C26H22F3N3O3. The topological polar surface area (TPSA) is 54.4 Å². The Morgan fingerprint density at radius 1 is 0.943 bits per heavy atom. The SMILES string of the molecule is COc1cccc2c1Oc1ccccc1N=C2N1CCN(C(=O)c2ccc(C(F)(F)F)cc2)CC1. The molecule has 9 heteroatoms. The lowest BCUT2D eigenvalue weighted by Crippen LogP contribution is -2.50. The van der Waals surface area contributed by atoms with Gasteiger partial charge in [-0.2, -0.15) is 13.2 Å². The molecule has 35 heavy (non-hydrogen) atoms. The number of fused-ring (bicyclic) bond motifs is 2. The number of rotatable bonds is 2. The van der Waals surface area contributed by atoms with E-state index in [4.69, 9.17) is 14.5 Å². The summed E-state index contributed by atoms with van der Waals surface area (Å²) in [5.41, 5.74) is 0.921. The largest absolute Gasteiger partial charge is 0.493 e. The third-order valence-corrected chi connectivity index (χ3v) is 6.07. The molecule has 1 amide bonds. The van der Waals surface area contributed by atoms with E-state index in [1.165, 1.54) is 12.1 Å². The van der Waals surface area contributed by atoms with Gasteiger partial charge in [0.2, 0.25) is 0 Å². The summed E-state index contributed by atoms with van der Waals surface area (Å²) < 4.78 is 50.2. The maximum absolute atomic E-state index is 12.9. The summed E-state index contributed by atoms with van der Waals surface area (Å²) >= 11 is 0. The van der Waals surface area contributed by atoms with Gasteiger partial charge in [-0.15, -0.1) is 0 Å². The van der Waals surface area contributed by atoms with Crippen LogP contribution < -0.4 is 9.47 Å². The first-order chi connectivity index (χ1) is 16.8. The van der Waals surface area contributed by atoms with Crippen LogP contribution in [0.25, 0.3) is 0 Å². The average Bonchev–Trinajstić information content (AvgIpc) is 3.05. The minimum Gasteiger partial charge on any atom is -0.493 e. The van der Waals surface area contributed by atoms with E-state index in [0.29, 0.717) is 55.0 Å². The second-order valence-corrected chi connectivity index (χ2v) is 8.20. The molecule has 1 saturated heterocycles. The first-order valence-electron chi connectivity index (χ1n) is 11.1. The number of benzene rings is 3. The summed E-state index contributed by atoms with van der Waals surface area (Å²) in [6.45, 7) is 1.81. The summed E-state index contributed by atoms with van der Waals surface area (Å²) in [6.07, 6.45) is -4.44. The Balaban J connectivity index is 1.38. The second kappa shape index (κ2) is 8.98. The summed E-state index contributed by atoms with van der Waals surface area (Å²) in [4.78, 5) is 21.5. The smallest absolute Gasteiger partial charge is 0.416 e. The van der Waals surface area contributed by atoms with Gasteiger partial charge in [-0.3, -0.25) is 4.79 Å². The molecule has 5 rings (SSSR count). The van der Waals surface area contributed by atoms with Crippen LogP contribution in [0.5, 0.6) is 17.2 Å². The number of nitrogens with zero attached hydrogens (tertiary/aromatic N) is 3. The van der Waals surface area contributed by atoms with Crippen LogP contribution in [0, 0.1) is 0 Å². The average molecular weight is 481 g/mol. The summed E-state index contributed by atoms with van der Waals surface area (Å²) in [5, 5.41) is 0.